The maximum absolute atomic E-state index is 12.0. The Labute approximate surface area is 131 Å². The summed E-state index contributed by atoms with van der Waals surface area (Å²) in [6.07, 6.45) is -0.528. The number of carbonyl (C=O) groups excluding carboxylic acids is 2. The molecule has 0 aromatic heterocycles. The Morgan fingerprint density at radius 3 is 2.36 bits per heavy atom. The lowest BCUT2D eigenvalue weighted by Crippen LogP contribution is -2.42. The van der Waals surface area contributed by atoms with Gasteiger partial charge in [0.1, 0.15) is 5.75 Å². The number of nitrogens with zero attached hydrogens (tertiary/aromatic N) is 1. The lowest BCUT2D eigenvalue weighted by atomic mass is 10.1. The molecular formula is C16H25N3O3. The van der Waals surface area contributed by atoms with Gasteiger partial charge in [-0.1, -0.05) is 6.07 Å². The Balaban J connectivity index is 2.70. The summed E-state index contributed by atoms with van der Waals surface area (Å²) in [6.45, 7) is 10.7. The van der Waals surface area contributed by atoms with Gasteiger partial charge >= 0.3 is 12.1 Å². The summed E-state index contributed by atoms with van der Waals surface area (Å²) in [4.78, 5) is 25.4. The fraction of sp³-hybridized carbons (Fsp3) is 0.500. The van der Waals surface area contributed by atoms with Crippen molar-refractivity contribution in [3.05, 3.63) is 24.3 Å². The molecule has 3 amide bonds. The van der Waals surface area contributed by atoms with Crippen LogP contribution in [0.2, 0.25) is 0 Å². The van der Waals surface area contributed by atoms with E-state index in [9.17, 15) is 9.59 Å². The van der Waals surface area contributed by atoms with Gasteiger partial charge < -0.3 is 20.3 Å². The highest BCUT2D eigenvalue weighted by molar-refractivity contribution is 5.89. The van der Waals surface area contributed by atoms with Crippen molar-refractivity contribution in [3.63, 3.8) is 0 Å². The number of amides is 3. The maximum atomic E-state index is 12.0. The molecule has 0 aliphatic heterocycles. The largest absolute Gasteiger partial charge is 0.413 e. The van der Waals surface area contributed by atoms with Gasteiger partial charge in [0.2, 0.25) is 0 Å². The van der Waals surface area contributed by atoms with Gasteiger partial charge in [0.25, 0.3) is 0 Å². The summed E-state index contributed by atoms with van der Waals surface area (Å²) >= 11 is 0. The molecule has 2 N–H and O–H groups in total. The summed E-state index contributed by atoms with van der Waals surface area (Å²) in [7, 11) is 0. The number of rotatable bonds is 4. The molecule has 0 spiro atoms. The molecule has 0 saturated heterocycles. The smallest absolute Gasteiger partial charge is 0.410 e. The Hall–Kier alpha value is -2.24. The summed E-state index contributed by atoms with van der Waals surface area (Å²) < 4.78 is 5.21. The molecule has 0 bridgehead atoms. The first-order chi connectivity index (χ1) is 10.2. The van der Waals surface area contributed by atoms with E-state index >= 15 is 0 Å². The molecule has 0 aliphatic carbocycles. The van der Waals surface area contributed by atoms with Crippen molar-refractivity contribution < 1.29 is 14.3 Å². The van der Waals surface area contributed by atoms with Crippen molar-refractivity contribution in [1.82, 2.24) is 10.2 Å². The number of urea groups is 1. The number of hydrogen-bond acceptors (Lipinski definition) is 3. The zero-order chi connectivity index (χ0) is 16.8. The predicted molar refractivity (Wildman–Crippen MR) is 87.3 cm³/mol. The predicted octanol–water partition coefficient (Wildman–Crippen LogP) is 3.45. The first-order valence-corrected chi connectivity index (χ1v) is 7.41. The van der Waals surface area contributed by atoms with Crippen LogP contribution in [-0.2, 0) is 0 Å². The summed E-state index contributed by atoms with van der Waals surface area (Å²) in [5.41, 5.74) is 0.212. The molecule has 0 saturated carbocycles. The quantitative estimate of drug-likeness (QED) is 0.895. The Morgan fingerprint density at radius 2 is 1.82 bits per heavy atom. The minimum absolute atomic E-state index is 0.179. The van der Waals surface area contributed by atoms with E-state index in [1.807, 2.05) is 34.6 Å². The standard InChI is InChI=1S/C16H25N3O3/c1-6-19(7-2)14(20)17-12-9-8-10-13(11-12)22-15(21)18-16(3,4)5/h8-11H,6-7H2,1-5H3,(H,17,20)(H,18,21). The van der Waals surface area contributed by atoms with Crippen LogP contribution < -0.4 is 15.4 Å². The first kappa shape index (κ1) is 17.8. The molecule has 0 radical (unpaired) electrons. The van der Waals surface area contributed by atoms with E-state index in [0.717, 1.165) is 0 Å². The summed E-state index contributed by atoms with van der Waals surface area (Å²) in [5.74, 6) is 0.374. The molecular weight excluding hydrogens is 282 g/mol. The van der Waals surface area contributed by atoms with Gasteiger partial charge in [0.05, 0.1) is 0 Å². The van der Waals surface area contributed by atoms with Crippen molar-refractivity contribution >= 4 is 17.8 Å². The number of carbonyl (C=O) groups is 2. The second kappa shape index (κ2) is 7.68. The van der Waals surface area contributed by atoms with Crippen molar-refractivity contribution in [3.8, 4) is 5.75 Å². The van der Waals surface area contributed by atoms with Gasteiger partial charge in [-0.3, -0.25) is 0 Å². The molecule has 22 heavy (non-hydrogen) atoms. The summed E-state index contributed by atoms with van der Waals surface area (Å²) in [5, 5.41) is 5.49. The van der Waals surface area contributed by atoms with E-state index in [4.69, 9.17) is 4.74 Å². The van der Waals surface area contributed by atoms with Crippen molar-refractivity contribution in [1.29, 1.82) is 0 Å². The molecule has 6 heteroatoms. The van der Waals surface area contributed by atoms with E-state index in [0.29, 0.717) is 24.5 Å². The van der Waals surface area contributed by atoms with Gasteiger partial charge in [-0.2, -0.15) is 0 Å². The van der Waals surface area contributed by atoms with Crippen molar-refractivity contribution in [2.75, 3.05) is 18.4 Å². The first-order valence-electron chi connectivity index (χ1n) is 7.41. The fourth-order valence-corrected chi connectivity index (χ4v) is 1.79. The average molecular weight is 307 g/mol. The van der Waals surface area contributed by atoms with E-state index in [1.165, 1.54) is 0 Å². The van der Waals surface area contributed by atoms with Crippen LogP contribution in [0.4, 0.5) is 15.3 Å². The van der Waals surface area contributed by atoms with Crippen molar-refractivity contribution in [2.45, 2.75) is 40.2 Å². The van der Waals surface area contributed by atoms with Gasteiger partial charge in [0, 0.05) is 30.4 Å². The Bertz CT molecular complexity index is 520. The van der Waals surface area contributed by atoms with E-state index in [1.54, 1.807) is 29.2 Å². The highest BCUT2D eigenvalue weighted by atomic mass is 16.6. The van der Waals surface area contributed by atoms with Crippen LogP contribution in [-0.4, -0.2) is 35.7 Å². The Kier molecular flexibility index (Phi) is 6.22. The topological polar surface area (TPSA) is 70.7 Å². The molecule has 6 nitrogen and oxygen atoms in total. The highest BCUT2D eigenvalue weighted by Crippen LogP contribution is 2.18. The number of anilines is 1. The number of nitrogens with one attached hydrogen (secondary N) is 2. The van der Waals surface area contributed by atoms with Crippen LogP contribution in [0.25, 0.3) is 0 Å². The number of ether oxygens (including phenoxy) is 1. The normalized spacial score (nSPS) is 10.8. The van der Waals surface area contributed by atoms with Crippen LogP contribution in [0.15, 0.2) is 24.3 Å². The van der Waals surface area contributed by atoms with Gasteiger partial charge in [0.15, 0.2) is 0 Å². The highest BCUT2D eigenvalue weighted by Gasteiger charge is 2.15. The van der Waals surface area contributed by atoms with Gasteiger partial charge in [-0.25, -0.2) is 9.59 Å². The minimum atomic E-state index is -0.528. The van der Waals surface area contributed by atoms with Crippen LogP contribution in [0.1, 0.15) is 34.6 Å². The zero-order valence-corrected chi connectivity index (χ0v) is 13.9. The SMILES string of the molecule is CCN(CC)C(=O)Nc1cccc(OC(=O)NC(C)(C)C)c1. The lowest BCUT2D eigenvalue weighted by Gasteiger charge is -2.20. The molecule has 122 valence electrons. The molecule has 0 heterocycles. The second-order valence-electron chi connectivity index (χ2n) is 5.89. The van der Waals surface area contributed by atoms with Gasteiger partial charge in [-0.05, 0) is 46.8 Å². The third-order valence-corrected chi connectivity index (χ3v) is 2.82. The maximum Gasteiger partial charge on any atom is 0.413 e. The van der Waals surface area contributed by atoms with Crippen LogP contribution in [0.3, 0.4) is 0 Å². The van der Waals surface area contributed by atoms with Crippen LogP contribution >= 0.6 is 0 Å². The third-order valence-electron chi connectivity index (χ3n) is 2.82. The third kappa shape index (κ3) is 6.03. The summed E-state index contributed by atoms with van der Waals surface area (Å²) in [6, 6.07) is 6.56. The van der Waals surface area contributed by atoms with E-state index in [2.05, 4.69) is 10.6 Å². The van der Waals surface area contributed by atoms with E-state index in [-0.39, 0.29) is 11.6 Å². The monoisotopic (exact) mass is 307 g/mol. The van der Waals surface area contributed by atoms with Crippen molar-refractivity contribution in [2.24, 2.45) is 0 Å². The molecule has 1 rings (SSSR count). The van der Waals surface area contributed by atoms with E-state index < -0.39 is 6.09 Å². The van der Waals surface area contributed by atoms with Gasteiger partial charge in [-0.15, -0.1) is 0 Å². The molecule has 0 atom stereocenters. The van der Waals surface area contributed by atoms with Crippen LogP contribution in [0.5, 0.6) is 5.75 Å². The lowest BCUT2D eigenvalue weighted by molar-refractivity contribution is 0.190. The molecule has 1 aromatic rings. The fourth-order valence-electron chi connectivity index (χ4n) is 1.79. The number of benzene rings is 1. The number of hydrogen-bond donors (Lipinski definition) is 2. The molecule has 0 aliphatic rings. The Morgan fingerprint density at radius 1 is 1.18 bits per heavy atom. The molecule has 0 unspecified atom stereocenters. The molecule has 0 fully saturated rings. The van der Waals surface area contributed by atoms with Crippen LogP contribution in [0, 0.1) is 0 Å². The molecule has 1 aromatic carbocycles. The minimum Gasteiger partial charge on any atom is -0.410 e. The second-order valence-corrected chi connectivity index (χ2v) is 5.89. The average Bonchev–Trinajstić information content (AvgIpc) is 2.38. The zero-order valence-electron chi connectivity index (χ0n) is 13.9.